The molecule has 0 saturated carbocycles. The van der Waals surface area contributed by atoms with Gasteiger partial charge in [0.25, 0.3) is 15.7 Å². The Bertz CT molecular complexity index is 1250. The molecular formula is C19H13Cl2N3O5S. The van der Waals surface area contributed by atoms with Crippen LogP contribution in [0.3, 0.4) is 0 Å². The second kappa shape index (κ2) is 8.70. The predicted octanol–water partition coefficient (Wildman–Crippen LogP) is 5.16. The predicted molar refractivity (Wildman–Crippen MR) is 116 cm³/mol. The van der Waals surface area contributed by atoms with Gasteiger partial charge in [0.15, 0.2) is 0 Å². The van der Waals surface area contributed by atoms with Gasteiger partial charge in [-0.15, -0.1) is 0 Å². The summed E-state index contributed by atoms with van der Waals surface area (Å²) in [7, 11) is -3.94. The van der Waals surface area contributed by atoms with E-state index in [-0.39, 0.29) is 43.3 Å². The Hall–Kier alpha value is -3.14. The minimum absolute atomic E-state index is 0.0299. The molecule has 0 spiro atoms. The van der Waals surface area contributed by atoms with E-state index >= 15 is 0 Å². The van der Waals surface area contributed by atoms with Crippen LogP contribution in [-0.4, -0.2) is 24.7 Å². The van der Waals surface area contributed by atoms with Gasteiger partial charge in [-0.3, -0.25) is 19.8 Å². The number of halogens is 2. The summed E-state index contributed by atoms with van der Waals surface area (Å²) >= 11 is 12.1. The minimum Gasteiger partial charge on any atom is -0.507 e. The number of aliphatic imine (C=N–C) groups is 1. The van der Waals surface area contributed by atoms with Crippen LogP contribution < -0.4 is 4.72 Å². The van der Waals surface area contributed by atoms with Gasteiger partial charge < -0.3 is 5.11 Å². The summed E-state index contributed by atoms with van der Waals surface area (Å²) in [5, 5.41) is 21.1. The number of nitro groups is 1. The van der Waals surface area contributed by atoms with Crippen molar-refractivity contribution in [3.05, 3.63) is 86.4 Å². The van der Waals surface area contributed by atoms with E-state index in [1.807, 2.05) is 0 Å². The first-order valence-corrected chi connectivity index (χ1v) is 10.5. The van der Waals surface area contributed by atoms with E-state index in [0.29, 0.717) is 0 Å². The Kier molecular flexibility index (Phi) is 6.25. The number of anilines is 1. The number of phenolic OH excluding ortho intramolecular Hbond substituents is 1. The van der Waals surface area contributed by atoms with Crippen molar-refractivity contribution in [2.45, 2.75) is 4.90 Å². The van der Waals surface area contributed by atoms with Gasteiger partial charge in [0, 0.05) is 23.9 Å². The van der Waals surface area contributed by atoms with Crippen molar-refractivity contribution in [3.63, 3.8) is 0 Å². The van der Waals surface area contributed by atoms with Gasteiger partial charge in [-0.05, 0) is 30.3 Å². The maximum absolute atomic E-state index is 12.6. The van der Waals surface area contributed by atoms with Crippen molar-refractivity contribution >= 4 is 56.5 Å². The lowest BCUT2D eigenvalue weighted by Crippen LogP contribution is -2.13. The van der Waals surface area contributed by atoms with E-state index in [2.05, 4.69) is 9.71 Å². The molecule has 0 radical (unpaired) electrons. The molecule has 8 nitrogen and oxygen atoms in total. The molecule has 3 aromatic rings. The lowest BCUT2D eigenvalue weighted by atomic mass is 10.2. The molecule has 154 valence electrons. The van der Waals surface area contributed by atoms with E-state index in [1.165, 1.54) is 24.3 Å². The Balaban J connectivity index is 2.02. The third kappa shape index (κ3) is 4.88. The molecule has 0 unspecified atom stereocenters. The fraction of sp³-hybridized carbons (Fsp3) is 0. The largest absolute Gasteiger partial charge is 0.507 e. The molecular weight excluding hydrogens is 453 g/mol. The molecule has 3 aromatic carbocycles. The van der Waals surface area contributed by atoms with Gasteiger partial charge in [-0.1, -0.05) is 41.4 Å². The lowest BCUT2D eigenvalue weighted by molar-refractivity contribution is -0.384. The molecule has 0 amide bonds. The number of nitrogens with one attached hydrogen (secondary N) is 1. The normalized spacial score (nSPS) is 11.5. The number of benzene rings is 3. The standard InChI is InChI=1S/C19H13Cl2N3O5S/c20-15-9-17(22-11-12-8-13(24(26)27)6-7-19(12)25)18(10-16(15)21)23-30(28,29)14-4-2-1-3-5-14/h1-11,23,25H. The van der Waals surface area contributed by atoms with Gasteiger partial charge in [0.05, 0.1) is 31.2 Å². The Morgan fingerprint density at radius 1 is 1.03 bits per heavy atom. The fourth-order valence-electron chi connectivity index (χ4n) is 2.43. The van der Waals surface area contributed by atoms with Gasteiger partial charge in [-0.2, -0.15) is 0 Å². The van der Waals surface area contributed by atoms with E-state index in [0.717, 1.165) is 24.4 Å². The Morgan fingerprint density at radius 2 is 1.70 bits per heavy atom. The number of aromatic hydroxyl groups is 1. The molecule has 0 saturated heterocycles. The number of nitro benzene ring substituents is 1. The molecule has 3 rings (SSSR count). The van der Waals surface area contributed by atoms with Crippen molar-refractivity contribution in [2.24, 2.45) is 4.99 Å². The summed E-state index contributed by atoms with van der Waals surface area (Å²) in [6.45, 7) is 0. The molecule has 0 aliphatic rings. The average Bonchev–Trinajstić information content (AvgIpc) is 2.71. The van der Waals surface area contributed by atoms with Crippen LogP contribution in [0.2, 0.25) is 10.0 Å². The number of hydrogen-bond acceptors (Lipinski definition) is 6. The zero-order valence-corrected chi connectivity index (χ0v) is 17.3. The second-order valence-corrected chi connectivity index (χ2v) is 8.46. The summed E-state index contributed by atoms with van der Waals surface area (Å²) in [6.07, 6.45) is 1.15. The zero-order chi connectivity index (χ0) is 21.9. The van der Waals surface area contributed by atoms with Gasteiger partial charge >= 0.3 is 0 Å². The molecule has 30 heavy (non-hydrogen) atoms. The second-order valence-electron chi connectivity index (χ2n) is 5.96. The third-order valence-corrected chi connectivity index (χ3v) is 6.00. The molecule has 2 N–H and O–H groups in total. The number of phenols is 1. The Labute approximate surface area is 181 Å². The SMILES string of the molecule is O=[N+]([O-])c1ccc(O)c(C=Nc2cc(Cl)c(Cl)cc2NS(=O)(=O)c2ccccc2)c1. The van der Waals surface area contributed by atoms with Crippen molar-refractivity contribution in [2.75, 3.05) is 4.72 Å². The number of nitrogens with zero attached hydrogens (tertiary/aromatic N) is 2. The monoisotopic (exact) mass is 465 g/mol. The number of non-ortho nitro benzene ring substituents is 1. The van der Waals surface area contributed by atoms with Crippen LogP contribution in [-0.2, 0) is 10.0 Å². The van der Waals surface area contributed by atoms with Crippen molar-refractivity contribution in [3.8, 4) is 5.75 Å². The fourth-order valence-corrected chi connectivity index (χ4v) is 3.83. The smallest absolute Gasteiger partial charge is 0.270 e. The summed E-state index contributed by atoms with van der Waals surface area (Å²) in [6, 6.07) is 13.7. The van der Waals surface area contributed by atoms with Crippen LogP contribution in [0, 0.1) is 10.1 Å². The zero-order valence-electron chi connectivity index (χ0n) is 15.0. The van der Waals surface area contributed by atoms with Crippen molar-refractivity contribution in [1.82, 2.24) is 0 Å². The minimum atomic E-state index is -3.94. The molecule has 0 aromatic heterocycles. The first-order valence-electron chi connectivity index (χ1n) is 8.26. The van der Waals surface area contributed by atoms with Crippen molar-refractivity contribution < 1.29 is 18.4 Å². The maximum atomic E-state index is 12.6. The summed E-state index contributed by atoms with van der Waals surface area (Å²) in [5.41, 5.74) is -0.0511. The molecule has 0 fully saturated rings. The molecule has 0 aliphatic heterocycles. The highest BCUT2D eigenvalue weighted by Gasteiger charge is 2.17. The van der Waals surface area contributed by atoms with Crippen molar-refractivity contribution in [1.29, 1.82) is 0 Å². The number of rotatable bonds is 6. The summed E-state index contributed by atoms with van der Waals surface area (Å²) in [4.78, 5) is 14.5. The lowest BCUT2D eigenvalue weighted by Gasteiger charge is -2.12. The summed E-state index contributed by atoms with van der Waals surface area (Å²) < 4.78 is 27.7. The van der Waals surface area contributed by atoms with E-state index in [9.17, 15) is 23.6 Å². The first kappa shape index (κ1) is 21.6. The molecule has 0 heterocycles. The molecule has 0 aliphatic carbocycles. The molecule has 0 atom stereocenters. The molecule has 0 bridgehead atoms. The van der Waals surface area contributed by atoms with Crippen LogP contribution >= 0.6 is 23.2 Å². The highest BCUT2D eigenvalue weighted by atomic mass is 35.5. The topological polar surface area (TPSA) is 122 Å². The highest BCUT2D eigenvalue weighted by molar-refractivity contribution is 7.92. The first-order chi connectivity index (χ1) is 14.2. The average molecular weight is 466 g/mol. The van der Waals surface area contributed by atoms with Gasteiger partial charge in [0.1, 0.15) is 5.75 Å². The molecule has 11 heteroatoms. The highest BCUT2D eigenvalue weighted by Crippen LogP contribution is 2.36. The quantitative estimate of drug-likeness (QED) is 0.295. The maximum Gasteiger partial charge on any atom is 0.270 e. The van der Waals surface area contributed by atoms with E-state index < -0.39 is 14.9 Å². The van der Waals surface area contributed by atoms with Crippen LogP contribution in [0.4, 0.5) is 17.1 Å². The van der Waals surface area contributed by atoms with Crippen LogP contribution in [0.15, 0.2) is 70.6 Å². The number of hydrogen-bond donors (Lipinski definition) is 2. The third-order valence-electron chi connectivity index (χ3n) is 3.90. The van der Waals surface area contributed by atoms with E-state index in [1.54, 1.807) is 18.2 Å². The Morgan fingerprint density at radius 3 is 2.37 bits per heavy atom. The van der Waals surface area contributed by atoms with Crippen LogP contribution in [0.25, 0.3) is 0 Å². The van der Waals surface area contributed by atoms with Crippen LogP contribution in [0.5, 0.6) is 5.75 Å². The number of sulfonamides is 1. The summed E-state index contributed by atoms with van der Waals surface area (Å²) in [5.74, 6) is -0.240. The van der Waals surface area contributed by atoms with Gasteiger partial charge in [0.2, 0.25) is 0 Å². The van der Waals surface area contributed by atoms with Gasteiger partial charge in [-0.25, -0.2) is 8.42 Å². The van der Waals surface area contributed by atoms with E-state index in [4.69, 9.17) is 23.2 Å². The van der Waals surface area contributed by atoms with Crippen LogP contribution in [0.1, 0.15) is 5.56 Å².